The van der Waals surface area contributed by atoms with Crippen LogP contribution in [0.25, 0.3) is 0 Å². The summed E-state index contributed by atoms with van der Waals surface area (Å²) in [5, 5.41) is 8.55. The molecule has 1 aromatic carbocycles. The third-order valence-corrected chi connectivity index (χ3v) is 3.04. The minimum Gasteiger partial charge on any atom is -0.481 e. The van der Waals surface area contributed by atoms with Crippen LogP contribution in [-0.4, -0.2) is 28.9 Å². The quantitative estimate of drug-likeness (QED) is 0.858. The highest BCUT2D eigenvalue weighted by Crippen LogP contribution is 2.15. The van der Waals surface area contributed by atoms with Gasteiger partial charge in [0.1, 0.15) is 0 Å². The predicted octanol–water partition coefficient (Wildman–Crippen LogP) is 2.63. The maximum atomic E-state index is 11.7. The Labute approximate surface area is 114 Å². The van der Waals surface area contributed by atoms with E-state index in [0.717, 1.165) is 5.56 Å². The van der Waals surface area contributed by atoms with E-state index in [1.54, 1.807) is 11.9 Å². The average molecular weight is 263 g/mol. The van der Waals surface area contributed by atoms with Gasteiger partial charge in [0.2, 0.25) is 5.91 Å². The van der Waals surface area contributed by atoms with Gasteiger partial charge in [0.25, 0.3) is 0 Å². The minimum absolute atomic E-state index is 0.0515. The van der Waals surface area contributed by atoms with Crippen LogP contribution < -0.4 is 0 Å². The molecule has 4 heteroatoms. The second-order valence-corrected chi connectivity index (χ2v) is 5.04. The Morgan fingerprint density at radius 3 is 2.21 bits per heavy atom. The van der Waals surface area contributed by atoms with Gasteiger partial charge in [-0.05, 0) is 17.0 Å². The van der Waals surface area contributed by atoms with Crippen molar-refractivity contribution in [2.45, 2.75) is 39.2 Å². The van der Waals surface area contributed by atoms with Gasteiger partial charge in [-0.2, -0.15) is 0 Å². The molecule has 0 spiro atoms. The number of hydrogen-bond acceptors (Lipinski definition) is 2. The van der Waals surface area contributed by atoms with E-state index in [1.165, 1.54) is 5.56 Å². The zero-order valence-corrected chi connectivity index (χ0v) is 11.7. The molecule has 104 valence electrons. The van der Waals surface area contributed by atoms with Crippen LogP contribution in [0.3, 0.4) is 0 Å². The Hall–Kier alpha value is -1.84. The molecule has 0 saturated heterocycles. The third kappa shape index (κ3) is 5.12. The molecule has 1 aromatic rings. The summed E-state index contributed by atoms with van der Waals surface area (Å²) in [7, 11) is 1.69. The molecule has 0 fully saturated rings. The van der Waals surface area contributed by atoms with E-state index in [1.807, 2.05) is 12.1 Å². The van der Waals surface area contributed by atoms with Gasteiger partial charge in [0.15, 0.2) is 0 Å². The van der Waals surface area contributed by atoms with Crippen LogP contribution in [0.15, 0.2) is 24.3 Å². The zero-order valence-electron chi connectivity index (χ0n) is 11.7. The maximum Gasteiger partial charge on any atom is 0.303 e. The van der Waals surface area contributed by atoms with Gasteiger partial charge < -0.3 is 10.0 Å². The number of carbonyl (C=O) groups excluding carboxylic acids is 1. The first kappa shape index (κ1) is 15.2. The Morgan fingerprint density at radius 1 is 1.16 bits per heavy atom. The summed E-state index contributed by atoms with van der Waals surface area (Å²) in [5.74, 6) is -0.595. The van der Waals surface area contributed by atoms with Crippen LogP contribution in [0.4, 0.5) is 0 Å². The molecule has 0 saturated carbocycles. The van der Waals surface area contributed by atoms with Crippen LogP contribution >= 0.6 is 0 Å². The van der Waals surface area contributed by atoms with E-state index < -0.39 is 5.97 Å². The molecular weight excluding hydrogens is 242 g/mol. The second kappa shape index (κ2) is 6.92. The van der Waals surface area contributed by atoms with Gasteiger partial charge >= 0.3 is 5.97 Å². The Bertz CT molecular complexity index is 437. The lowest BCUT2D eigenvalue weighted by atomic mass is 10.0. The van der Waals surface area contributed by atoms with Crippen LogP contribution in [0.5, 0.6) is 0 Å². The summed E-state index contributed by atoms with van der Waals surface area (Å²) in [6, 6.07) is 8.15. The monoisotopic (exact) mass is 263 g/mol. The first-order chi connectivity index (χ1) is 8.90. The van der Waals surface area contributed by atoms with Crippen molar-refractivity contribution in [1.82, 2.24) is 4.90 Å². The molecule has 19 heavy (non-hydrogen) atoms. The van der Waals surface area contributed by atoms with E-state index in [9.17, 15) is 9.59 Å². The van der Waals surface area contributed by atoms with E-state index in [2.05, 4.69) is 26.0 Å². The van der Waals surface area contributed by atoms with E-state index in [-0.39, 0.29) is 18.7 Å². The molecule has 0 aliphatic carbocycles. The molecule has 1 rings (SSSR count). The standard InChI is InChI=1S/C15H21NO3/c1-11(2)13-6-4-12(5-7-13)10-16(3)14(17)8-9-15(18)19/h4-7,11H,8-10H2,1-3H3,(H,18,19). The molecular formula is C15H21NO3. The fraction of sp³-hybridized carbons (Fsp3) is 0.467. The molecule has 0 radical (unpaired) electrons. The summed E-state index contributed by atoms with van der Waals surface area (Å²) in [6.07, 6.45) is -0.0641. The van der Waals surface area contributed by atoms with Crippen LogP contribution in [0, 0.1) is 0 Å². The zero-order chi connectivity index (χ0) is 14.4. The lowest BCUT2D eigenvalue weighted by Gasteiger charge is -2.17. The van der Waals surface area contributed by atoms with E-state index >= 15 is 0 Å². The largest absolute Gasteiger partial charge is 0.481 e. The smallest absolute Gasteiger partial charge is 0.303 e. The van der Waals surface area contributed by atoms with Crippen molar-refractivity contribution in [2.24, 2.45) is 0 Å². The highest BCUT2D eigenvalue weighted by atomic mass is 16.4. The molecule has 0 aliphatic heterocycles. The number of aliphatic carboxylic acids is 1. The van der Waals surface area contributed by atoms with Crippen molar-refractivity contribution >= 4 is 11.9 Å². The van der Waals surface area contributed by atoms with Crippen molar-refractivity contribution in [1.29, 1.82) is 0 Å². The van der Waals surface area contributed by atoms with Gasteiger partial charge in [0.05, 0.1) is 6.42 Å². The molecule has 0 bridgehead atoms. The second-order valence-electron chi connectivity index (χ2n) is 5.04. The third-order valence-electron chi connectivity index (χ3n) is 3.04. The molecule has 0 aliphatic rings. The van der Waals surface area contributed by atoms with Crippen molar-refractivity contribution < 1.29 is 14.7 Å². The number of benzene rings is 1. The molecule has 1 amide bonds. The highest BCUT2D eigenvalue weighted by molar-refractivity contribution is 5.80. The molecule has 0 aromatic heterocycles. The molecule has 0 heterocycles. The Kier molecular flexibility index (Phi) is 5.55. The van der Waals surface area contributed by atoms with Gasteiger partial charge in [-0.15, -0.1) is 0 Å². The number of rotatable bonds is 6. The van der Waals surface area contributed by atoms with Crippen LogP contribution in [0.2, 0.25) is 0 Å². The Balaban J connectivity index is 2.54. The lowest BCUT2D eigenvalue weighted by molar-refractivity contribution is -0.140. The van der Waals surface area contributed by atoms with Crippen LogP contribution in [-0.2, 0) is 16.1 Å². The molecule has 0 atom stereocenters. The van der Waals surface area contributed by atoms with Crippen molar-refractivity contribution in [2.75, 3.05) is 7.05 Å². The Morgan fingerprint density at radius 2 is 1.74 bits per heavy atom. The summed E-state index contributed by atoms with van der Waals surface area (Å²) >= 11 is 0. The summed E-state index contributed by atoms with van der Waals surface area (Å²) < 4.78 is 0. The lowest BCUT2D eigenvalue weighted by Crippen LogP contribution is -2.26. The van der Waals surface area contributed by atoms with E-state index in [0.29, 0.717) is 12.5 Å². The van der Waals surface area contributed by atoms with Crippen molar-refractivity contribution in [3.05, 3.63) is 35.4 Å². The van der Waals surface area contributed by atoms with Gasteiger partial charge in [0, 0.05) is 20.0 Å². The first-order valence-corrected chi connectivity index (χ1v) is 6.44. The number of amides is 1. The number of carbonyl (C=O) groups is 2. The summed E-state index contributed by atoms with van der Waals surface area (Å²) in [4.78, 5) is 23.7. The number of carboxylic acid groups (broad SMARTS) is 1. The van der Waals surface area contributed by atoms with Crippen molar-refractivity contribution in [3.8, 4) is 0 Å². The number of nitrogens with zero attached hydrogens (tertiary/aromatic N) is 1. The molecule has 0 unspecified atom stereocenters. The summed E-state index contributed by atoms with van der Waals surface area (Å²) in [5.41, 5.74) is 2.32. The minimum atomic E-state index is -0.942. The predicted molar refractivity (Wildman–Crippen MR) is 73.9 cm³/mol. The molecule has 1 N–H and O–H groups in total. The fourth-order valence-corrected chi connectivity index (χ4v) is 1.77. The molecule has 4 nitrogen and oxygen atoms in total. The summed E-state index contributed by atoms with van der Waals surface area (Å²) in [6.45, 7) is 4.78. The SMILES string of the molecule is CC(C)c1ccc(CN(C)C(=O)CCC(=O)O)cc1. The topological polar surface area (TPSA) is 57.6 Å². The number of carboxylic acids is 1. The fourth-order valence-electron chi connectivity index (χ4n) is 1.77. The van der Waals surface area contributed by atoms with Crippen LogP contribution in [0.1, 0.15) is 43.7 Å². The van der Waals surface area contributed by atoms with Crippen molar-refractivity contribution in [3.63, 3.8) is 0 Å². The van der Waals surface area contributed by atoms with Gasteiger partial charge in [-0.3, -0.25) is 9.59 Å². The first-order valence-electron chi connectivity index (χ1n) is 6.44. The van der Waals surface area contributed by atoms with Gasteiger partial charge in [-0.25, -0.2) is 0 Å². The van der Waals surface area contributed by atoms with E-state index in [4.69, 9.17) is 5.11 Å². The van der Waals surface area contributed by atoms with Gasteiger partial charge in [-0.1, -0.05) is 38.1 Å². The highest BCUT2D eigenvalue weighted by Gasteiger charge is 2.11. The maximum absolute atomic E-state index is 11.7. The average Bonchev–Trinajstić information content (AvgIpc) is 2.36. The number of hydrogen-bond donors (Lipinski definition) is 1. The normalized spacial score (nSPS) is 10.5.